The van der Waals surface area contributed by atoms with Crippen molar-refractivity contribution in [3.8, 4) is 0 Å². The monoisotopic (exact) mass is 344 g/mol. The molecule has 2 aliphatic heterocycles. The molecule has 0 saturated carbocycles. The van der Waals surface area contributed by atoms with E-state index < -0.39 is 0 Å². The molecule has 4 heterocycles. The van der Waals surface area contributed by atoms with Gasteiger partial charge in [0.15, 0.2) is 5.82 Å². The van der Waals surface area contributed by atoms with Gasteiger partial charge in [-0.15, -0.1) is 10.2 Å². The van der Waals surface area contributed by atoms with Crippen LogP contribution in [-0.4, -0.2) is 55.6 Å². The highest BCUT2D eigenvalue weighted by Crippen LogP contribution is 2.22. The molecule has 2 aromatic heterocycles. The molecular formula is C16H24N8O. The first-order valence-corrected chi connectivity index (χ1v) is 8.87. The van der Waals surface area contributed by atoms with E-state index >= 15 is 0 Å². The first-order chi connectivity index (χ1) is 12.2. The van der Waals surface area contributed by atoms with Gasteiger partial charge in [-0.3, -0.25) is 4.68 Å². The smallest absolute Gasteiger partial charge is 0.319 e. The fourth-order valence-corrected chi connectivity index (χ4v) is 3.54. The zero-order valence-corrected chi connectivity index (χ0v) is 14.5. The van der Waals surface area contributed by atoms with E-state index in [-0.39, 0.29) is 6.03 Å². The lowest BCUT2D eigenvalue weighted by molar-refractivity contribution is 0.212. The SMILES string of the molecule is CN1CCC(n2cc(NC(=O)NCc3nnc4n3CCC4)cn2)CC1. The molecule has 0 aromatic carbocycles. The maximum absolute atomic E-state index is 12.1. The minimum atomic E-state index is -0.252. The van der Waals surface area contributed by atoms with Crippen molar-refractivity contribution in [2.75, 3.05) is 25.5 Å². The summed E-state index contributed by atoms with van der Waals surface area (Å²) in [5.74, 6) is 1.82. The Kier molecular flexibility index (Phi) is 4.39. The van der Waals surface area contributed by atoms with Crippen molar-refractivity contribution in [1.82, 2.24) is 34.8 Å². The fraction of sp³-hybridized carbons (Fsp3) is 0.625. The summed E-state index contributed by atoms with van der Waals surface area (Å²) in [6.07, 6.45) is 7.84. The van der Waals surface area contributed by atoms with Gasteiger partial charge in [0.25, 0.3) is 0 Å². The van der Waals surface area contributed by atoms with E-state index in [1.165, 1.54) is 0 Å². The Morgan fingerprint density at radius 3 is 2.96 bits per heavy atom. The number of aryl methyl sites for hydroxylation is 1. The standard InChI is InChI=1S/C16H24N8O/c1-22-7-4-13(5-8-22)24-11-12(9-18-24)19-16(25)17-10-15-21-20-14-3-2-6-23(14)15/h9,11,13H,2-8,10H2,1H3,(H2,17,19,25). The molecule has 0 radical (unpaired) electrons. The van der Waals surface area contributed by atoms with Gasteiger partial charge in [-0.2, -0.15) is 5.10 Å². The molecule has 0 atom stereocenters. The summed E-state index contributed by atoms with van der Waals surface area (Å²) in [5, 5.41) is 18.4. The van der Waals surface area contributed by atoms with Gasteiger partial charge in [0.05, 0.1) is 24.5 Å². The molecule has 4 rings (SSSR count). The van der Waals surface area contributed by atoms with Crippen LogP contribution in [0.2, 0.25) is 0 Å². The number of nitrogens with zero attached hydrogens (tertiary/aromatic N) is 6. The third-order valence-corrected chi connectivity index (χ3v) is 5.01. The summed E-state index contributed by atoms with van der Waals surface area (Å²) in [5.41, 5.74) is 0.711. The number of rotatable bonds is 4. The van der Waals surface area contributed by atoms with Gasteiger partial charge < -0.3 is 20.1 Å². The largest absolute Gasteiger partial charge is 0.331 e. The number of hydrogen-bond donors (Lipinski definition) is 2. The number of hydrogen-bond acceptors (Lipinski definition) is 5. The van der Waals surface area contributed by atoms with Gasteiger partial charge in [-0.05, 0) is 39.4 Å². The van der Waals surface area contributed by atoms with E-state index in [1.54, 1.807) is 6.20 Å². The Morgan fingerprint density at radius 1 is 1.28 bits per heavy atom. The second kappa shape index (κ2) is 6.83. The third kappa shape index (κ3) is 3.51. The second-order valence-electron chi connectivity index (χ2n) is 6.84. The number of amides is 2. The van der Waals surface area contributed by atoms with Crippen molar-refractivity contribution in [3.63, 3.8) is 0 Å². The number of aromatic nitrogens is 5. The van der Waals surface area contributed by atoms with E-state index in [1.807, 2.05) is 10.9 Å². The van der Waals surface area contributed by atoms with E-state index in [0.717, 1.165) is 57.0 Å². The highest BCUT2D eigenvalue weighted by atomic mass is 16.2. The van der Waals surface area contributed by atoms with Gasteiger partial charge in [-0.1, -0.05) is 0 Å². The maximum Gasteiger partial charge on any atom is 0.319 e. The lowest BCUT2D eigenvalue weighted by atomic mass is 10.1. The Morgan fingerprint density at radius 2 is 2.12 bits per heavy atom. The van der Waals surface area contributed by atoms with Gasteiger partial charge in [0.2, 0.25) is 0 Å². The second-order valence-corrected chi connectivity index (χ2v) is 6.84. The van der Waals surface area contributed by atoms with Crippen LogP contribution >= 0.6 is 0 Å². The molecule has 25 heavy (non-hydrogen) atoms. The summed E-state index contributed by atoms with van der Waals surface area (Å²) in [7, 11) is 2.14. The molecule has 134 valence electrons. The van der Waals surface area contributed by atoms with Gasteiger partial charge in [-0.25, -0.2) is 4.79 Å². The third-order valence-electron chi connectivity index (χ3n) is 5.01. The van der Waals surface area contributed by atoms with E-state index in [4.69, 9.17) is 0 Å². The number of nitrogens with one attached hydrogen (secondary N) is 2. The lowest BCUT2D eigenvalue weighted by Gasteiger charge is -2.28. The first-order valence-electron chi connectivity index (χ1n) is 8.87. The Hall–Kier alpha value is -2.42. The maximum atomic E-state index is 12.1. The molecule has 2 aromatic rings. The Bertz CT molecular complexity index is 743. The summed E-state index contributed by atoms with van der Waals surface area (Å²) in [6.45, 7) is 3.47. The van der Waals surface area contributed by atoms with Crippen LogP contribution in [0.25, 0.3) is 0 Å². The fourth-order valence-electron chi connectivity index (χ4n) is 3.54. The molecule has 2 amide bonds. The minimum absolute atomic E-state index is 0.252. The molecule has 0 unspecified atom stereocenters. The summed E-state index contributed by atoms with van der Waals surface area (Å²) in [4.78, 5) is 14.4. The van der Waals surface area contributed by atoms with Crippen LogP contribution in [0.15, 0.2) is 12.4 Å². The quantitative estimate of drug-likeness (QED) is 0.863. The van der Waals surface area contributed by atoms with Crippen LogP contribution in [0.5, 0.6) is 0 Å². The minimum Gasteiger partial charge on any atom is -0.331 e. The normalized spacial score (nSPS) is 18.3. The van der Waals surface area contributed by atoms with E-state index in [2.05, 4.69) is 42.4 Å². The molecule has 0 spiro atoms. The molecule has 9 heteroatoms. The van der Waals surface area contributed by atoms with Crippen molar-refractivity contribution >= 4 is 11.7 Å². The van der Waals surface area contributed by atoms with Crippen molar-refractivity contribution in [1.29, 1.82) is 0 Å². The number of urea groups is 1. The van der Waals surface area contributed by atoms with Crippen molar-refractivity contribution < 1.29 is 4.79 Å². The molecule has 2 N–H and O–H groups in total. The van der Waals surface area contributed by atoms with Gasteiger partial charge in [0, 0.05) is 19.2 Å². The van der Waals surface area contributed by atoms with Crippen LogP contribution in [0.1, 0.15) is 37.0 Å². The summed E-state index contributed by atoms with van der Waals surface area (Å²) < 4.78 is 4.05. The van der Waals surface area contributed by atoms with Crippen LogP contribution in [-0.2, 0) is 19.5 Å². The number of anilines is 1. The topological polar surface area (TPSA) is 92.9 Å². The predicted octanol–water partition coefficient (Wildman–Crippen LogP) is 1.01. The molecule has 2 aliphatic rings. The van der Waals surface area contributed by atoms with E-state index in [0.29, 0.717) is 18.3 Å². The zero-order chi connectivity index (χ0) is 17.2. The lowest BCUT2D eigenvalue weighted by Crippen LogP contribution is -2.31. The number of carbonyl (C=O) groups excluding carboxylic acids is 1. The van der Waals surface area contributed by atoms with E-state index in [9.17, 15) is 4.79 Å². The highest BCUT2D eigenvalue weighted by molar-refractivity contribution is 5.88. The summed E-state index contributed by atoms with van der Waals surface area (Å²) >= 11 is 0. The average molecular weight is 344 g/mol. The summed E-state index contributed by atoms with van der Waals surface area (Å²) in [6, 6.07) is 0.159. The highest BCUT2D eigenvalue weighted by Gasteiger charge is 2.20. The van der Waals surface area contributed by atoms with Crippen LogP contribution in [0, 0.1) is 0 Å². The average Bonchev–Trinajstić information content (AvgIpc) is 3.31. The van der Waals surface area contributed by atoms with Gasteiger partial charge in [0.1, 0.15) is 5.82 Å². The molecule has 1 fully saturated rings. The van der Waals surface area contributed by atoms with Crippen molar-refractivity contribution in [2.45, 2.75) is 44.8 Å². The predicted molar refractivity (Wildman–Crippen MR) is 92.2 cm³/mol. The van der Waals surface area contributed by atoms with Crippen molar-refractivity contribution in [2.24, 2.45) is 0 Å². The van der Waals surface area contributed by atoms with Crippen LogP contribution < -0.4 is 10.6 Å². The molecule has 0 bridgehead atoms. The molecule has 0 aliphatic carbocycles. The Labute approximate surface area is 146 Å². The number of piperidine rings is 1. The zero-order valence-electron chi connectivity index (χ0n) is 14.5. The number of fused-ring (bicyclic) bond motifs is 1. The van der Waals surface area contributed by atoms with Crippen molar-refractivity contribution in [3.05, 3.63) is 24.0 Å². The number of likely N-dealkylation sites (tertiary alicyclic amines) is 1. The van der Waals surface area contributed by atoms with Gasteiger partial charge >= 0.3 is 6.03 Å². The Balaban J connectivity index is 1.29. The van der Waals surface area contributed by atoms with Crippen LogP contribution in [0.3, 0.4) is 0 Å². The molecule has 1 saturated heterocycles. The molecule has 9 nitrogen and oxygen atoms in total. The first kappa shape index (κ1) is 16.1. The molecular weight excluding hydrogens is 320 g/mol. The van der Waals surface area contributed by atoms with Crippen LogP contribution in [0.4, 0.5) is 10.5 Å². The number of carbonyl (C=O) groups is 1.